The van der Waals surface area contributed by atoms with Gasteiger partial charge in [-0.3, -0.25) is 14.7 Å². The Morgan fingerprint density at radius 2 is 1.79 bits per heavy atom. The molecule has 2 aliphatic heterocycles. The first-order chi connectivity index (χ1) is 13.6. The van der Waals surface area contributed by atoms with E-state index in [-0.39, 0.29) is 5.92 Å². The summed E-state index contributed by atoms with van der Waals surface area (Å²) < 4.78 is 0. The smallest absolute Gasteiger partial charge is 0.225 e. The van der Waals surface area contributed by atoms with E-state index in [1.807, 2.05) is 7.05 Å². The lowest BCUT2D eigenvalue weighted by atomic mass is 10.0. The Labute approximate surface area is 171 Å². The largest absolute Gasteiger partial charge is 0.355 e. The Bertz CT molecular complexity index is 523. The number of aliphatic imine (C=N–C) groups is 1. The molecule has 2 unspecified atom stereocenters. The monoisotopic (exact) mass is 391 g/mol. The second kappa shape index (κ2) is 10.5. The molecule has 6 nitrogen and oxygen atoms in total. The van der Waals surface area contributed by atoms with E-state index in [0.29, 0.717) is 23.9 Å². The number of carbonyl (C=O) groups is 1. The molecule has 3 fully saturated rings. The van der Waals surface area contributed by atoms with Crippen LogP contribution in [-0.2, 0) is 4.79 Å². The minimum absolute atomic E-state index is 0.286. The Kier molecular flexibility index (Phi) is 8.00. The topological polar surface area (TPSA) is 60.0 Å². The van der Waals surface area contributed by atoms with Crippen LogP contribution in [0.5, 0.6) is 0 Å². The van der Waals surface area contributed by atoms with Crippen molar-refractivity contribution in [2.45, 2.75) is 77.3 Å². The molecule has 2 atom stereocenters. The molecule has 1 saturated carbocycles. The van der Waals surface area contributed by atoms with Gasteiger partial charge >= 0.3 is 0 Å². The number of hydrogen-bond donors (Lipinski definition) is 2. The van der Waals surface area contributed by atoms with E-state index in [1.54, 1.807) is 0 Å². The molecule has 0 bridgehead atoms. The first kappa shape index (κ1) is 21.4. The molecule has 0 aromatic heterocycles. The number of guanidine groups is 1. The molecule has 2 heterocycles. The summed E-state index contributed by atoms with van der Waals surface area (Å²) in [5.74, 6) is 2.25. The van der Waals surface area contributed by atoms with Crippen molar-refractivity contribution in [3.8, 4) is 0 Å². The van der Waals surface area contributed by atoms with Crippen molar-refractivity contribution in [3.05, 3.63) is 0 Å². The van der Waals surface area contributed by atoms with Crippen molar-refractivity contribution < 1.29 is 4.79 Å². The van der Waals surface area contributed by atoms with Crippen molar-refractivity contribution in [1.82, 2.24) is 20.4 Å². The second-order valence-electron chi connectivity index (χ2n) is 9.38. The molecule has 0 aromatic carbocycles. The number of likely N-dealkylation sites (tertiary alicyclic amines) is 2. The molecule has 28 heavy (non-hydrogen) atoms. The summed E-state index contributed by atoms with van der Waals surface area (Å²) >= 11 is 0. The van der Waals surface area contributed by atoms with Crippen LogP contribution in [0.3, 0.4) is 0 Å². The van der Waals surface area contributed by atoms with Crippen LogP contribution < -0.4 is 10.6 Å². The van der Waals surface area contributed by atoms with E-state index in [2.05, 4.69) is 39.3 Å². The number of nitrogens with one attached hydrogen (secondary N) is 2. The maximum absolute atomic E-state index is 12.7. The maximum Gasteiger partial charge on any atom is 0.225 e. The van der Waals surface area contributed by atoms with Crippen molar-refractivity contribution >= 4 is 11.9 Å². The molecule has 3 aliphatic rings. The average molecular weight is 392 g/mol. The number of hydrogen-bond acceptors (Lipinski definition) is 3. The third-order valence-corrected chi connectivity index (χ3v) is 6.67. The van der Waals surface area contributed by atoms with Crippen molar-refractivity contribution in [1.29, 1.82) is 0 Å². The third kappa shape index (κ3) is 5.85. The summed E-state index contributed by atoms with van der Waals surface area (Å²) in [5, 5.41) is 7.14. The minimum Gasteiger partial charge on any atom is -0.355 e. The molecule has 3 rings (SSSR count). The predicted octanol–water partition coefficient (Wildman–Crippen LogP) is 2.45. The van der Waals surface area contributed by atoms with Crippen LogP contribution in [0, 0.1) is 11.8 Å². The summed E-state index contributed by atoms with van der Waals surface area (Å²) in [4.78, 5) is 21.8. The Hall–Kier alpha value is -1.30. The highest BCUT2D eigenvalue weighted by atomic mass is 16.2. The van der Waals surface area contributed by atoms with Crippen molar-refractivity contribution in [2.75, 3.05) is 39.8 Å². The van der Waals surface area contributed by atoms with Gasteiger partial charge in [0.1, 0.15) is 0 Å². The first-order valence-electron chi connectivity index (χ1n) is 11.6. The molecule has 2 saturated heterocycles. The van der Waals surface area contributed by atoms with Crippen molar-refractivity contribution in [3.63, 3.8) is 0 Å². The number of rotatable bonds is 7. The SMILES string of the molecule is CN=C(NCC(CC(C)C)N1CCCC1)NC1CCN(C(=O)C2CCCC2)C1. The molecule has 1 aliphatic carbocycles. The highest BCUT2D eigenvalue weighted by molar-refractivity contribution is 5.81. The Balaban J connectivity index is 1.45. The lowest BCUT2D eigenvalue weighted by Gasteiger charge is -2.30. The normalized spacial score (nSPS) is 25.6. The van der Waals surface area contributed by atoms with Crippen molar-refractivity contribution in [2.24, 2.45) is 16.8 Å². The summed E-state index contributed by atoms with van der Waals surface area (Å²) in [6.07, 6.45) is 9.50. The van der Waals surface area contributed by atoms with Crippen LogP contribution in [0.25, 0.3) is 0 Å². The summed E-state index contributed by atoms with van der Waals surface area (Å²) in [6.45, 7) is 9.72. The second-order valence-corrected chi connectivity index (χ2v) is 9.38. The summed E-state index contributed by atoms with van der Waals surface area (Å²) in [6, 6.07) is 0.886. The highest BCUT2D eigenvalue weighted by Crippen LogP contribution is 2.27. The van der Waals surface area contributed by atoms with Gasteiger partial charge in [-0.05, 0) is 57.5 Å². The van der Waals surface area contributed by atoms with Gasteiger partial charge in [-0.2, -0.15) is 0 Å². The van der Waals surface area contributed by atoms with Gasteiger partial charge < -0.3 is 15.5 Å². The molecular weight excluding hydrogens is 350 g/mol. The minimum atomic E-state index is 0.286. The zero-order chi connectivity index (χ0) is 19.9. The molecule has 2 N–H and O–H groups in total. The van der Waals surface area contributed by atoms with Crippen LogP contribution in [0.1, 0.15) is 65.2 Å². The van der Waals surface area contributed by atoms with E-state index < -0.39 is 0 Å². The maximum atomic E-state index is 12.7. The molecule has 160 valence electrons. The van der Waals surface area contributed by atoms with Gasteiger partial charge in [-0.1, -0.05) is 26.7 Å². The van der Waals surface area contributed by atoms with Gasteiger partial charge in [0.25, 0.3) is 0 Å². The van der Waals surface area contributed by atoms with Crippen LogP contribution >= 0.6 is 0 Å². The fraction of sp³-hybridized carbons (Fsp3) is 0.909. The number of nitrogens with zero attached hydrogens (tertiary/aromatic N) is 3. The van der Waals surface area contributed by atoms with Gasteiger partial charge in [0.15, 0.2) is 5.96 Å². The van der Waals surface area contributed by atoms with E-state index in [4.69, 9.17) is 0 Å². The van der Waals surface area contributed by atoms with E-state index in [9.17, 15) is 4.79 Å². The van der Waals surface area contributed by atoms with Crippen LogP contribution in [0.4, 0.5) is 0 Å². The molecule has 0 spiro atoms. The van der Waals surface area contributed by atoms with E-state index >= 15 is 0 Å². The fourth-order valence-corrected chi connectivity index (χ4v) is 5.12. The number of amides is 1. The standard InChI is InChI=1S/C22H41N5O/c1-17(2)14-20(26-11-6-7-12-26)15-24-22(23-3)25-19-10-13-27(16-19)21(28)18-8-4-5-9-18/h17-20H,4-16H2,1-3H3,(H2,23,24,25). The Morgan fingerprint density at radius 1 is 1.07 bits per heavy atom. The Morgan fingerprint density at radius 3 is 2.43 bits per heavy atom. The van der Waals surface area contributed by atoms with Crippen LogP contribution in [0.2, 0.25) is 0 Å². The van der Waals surface area contributed by atoms with Gasteiger partial charge in [0.2, 0.25) is 5.91 Å². The molecule has 1 amide bonds. The van der Waals surface area contributed by atoms with Crippen LogP contribution in [-0.4, -0.2) is 73.5 Å². The lowest BCUT2D eigenvalue weighted by molar-refractivity contribution is -0.134. The quantitative estimate of drug-likeness (QED) is 0.517. The van der Waals surface area contributed by atoms with Gasteiger partial charge in [0, 0.05) is 44.7 Å². The number of carbonyl (C=O) groups excluding carboxylic acids is 1. The molecule has 6 heteroatoms. The fourth-order valence-electron chi connectivity index (χ4n) is 5.12. The first-order valence-corrected chi connectivity index (χ1v) is 11.6. The van der Waals surface area contributed by atoms with Gasteiger partial charge in [-0.25, -0.2) is 0 Å². The van der Waals surface area contributed by atoms with E-state index in [1.165, 1.54) is 45.2 Å². The lowest BCUT2D eigenvalue weighted by Crippen LogP contribution is -2.50. The van der Waals surface area contributed by atoms with Crippen LogP contribution in [0.15, 0.2) is 4.99 Å². The molecule has 0 radical (unpaired) electrons. The molecular formula is C22H41N5O. The average Bonchev–Trinajstić information content (AvgIpc) is 3.45. The molecule has 0 aromatic rings. The zero-order valence-electron chi connectivity index (χ0n) is 18.3. The van der Waals surface area contributed by atoms with Gasteiger partial charge in [0.05, 0.1) is 0 Å². The zero-order valence-corrected chi connectivity index (χ0v) is 18.3. The highest BCUT2D eigenvalue weighted by Gasteiger charge is 2.32. The predicted molar refractivity (Wildman–Crippen MR) is 115 cm³/mol. The summed E-state index contributed by atoms with van der Waals surface area (Å²) in [7, 11) is 1.85. The third-order valence-electron chi connectivity index (χ3n) is 6.67. The summed E-state index contributed by atoms with van der Waals surface area (Å²) in [5.41, 5.74) is 0. The van der Waals surface area contributed by atoms with E-state index in [0.717, 1.165) is 44.9 Å². The van der Waals surface area contributed by atoms with Gasteiger partial charge in [-0.15, -0.1) is 0 Å².